The van der Waals surface area contributed by atoms with Crippen molar-refractivity contribution in [3.8, 4) is 0 Å². The second-order valence-electron chi connectivity index (χ2n) is 3.39. The maximum atomic E-state index is 7.81. The molecule has 0 spiro atoms. The van der Waals surface area contributed by atoms with Crippen LogP contribution in [0.15, 0.2) is 30.3 Å². The molecule has 1 N–H and O–H groups in total. The molecule has 1 aromatic carbocycles. The van der Waals surface area contributed by atoms with Gasteiger partial charge in [-0.05, 0) is 25.0 Å². The number of hydrogen-bond donors (Lipinski definition) is 1. The van der Waals surface area contributed by atoms with Crippen LogP contribution in [0, 0.1) is 5.41 Å². The van der Waals surface area contributed by atoms with E-state index in [2.05, 4.69) is 17.0 Å². The van der Waals surface area contributed by atoms with Gasteiger partial charge in [0.05, 0.1) is 0 Å². The van der Waals surface area contributed by atoms with Gasteiger partial charge in [-0.1, -0.05) is 18.2 Å². The van der Waals surface area contributed by atoms with Crippen molar-refractivity contribution in [3.05, 3.63) is 30.3 Å². The second kappa shape index (κ2) is 5.91. The summed E-state index contributed by atoms with van der Waals surface area (Å²) in [5, 5.41) is 7.81. The summed E-state index contributed by atoms with van der Waals surface area (Å²) in [6.07, 6.45) is 3.30. The molecule has 1 aliphatic rings. The number of anilines is 1. The maximum Gasteiger partial charge on any atom is 2.00 e. The van der Waals surface area contributed by atoms with Gasteiger partial charge < -0.3 is 7.75 Å². The Bertz CT molecular complexity index is 306. The van der Waals surface area contributed by atoms with Gasteiger partial charge in [0.1, 0.15) is 5.84 Å². The molecule has 72 valence electrons. The number of nitrogens with one attached hydrogen (secondary N) is 1. The predicted molar refractivity (Wildman–Crippen MR) is 63.3 cm³/mol. The Hall–Kier alpha value is 0.171. The summed E-state index contributed by atoms with van der Waals surface area (Å²) in [5.74, 6) is 0.762. The molecule has 0 unspecified atom stereocenters. The molecule has 0 aromatic heterocycles. The van der Waals surface area contributed by atoms with Crippen LogP contribution >= 0.6 is 0 Å². The van der Waals surface area contributed by atoms with Crippen molar-refractivity contribution in [3.63, 3.8) is 0 Å². The molecule has 0 amide bonds. The first-order chi connectivity index (χ1) is 6.38. The minimum atomic E-state index is 0. The number of piperidine rings is 1. The Balaban J connectivity index is 0. The molecule has 0 saturated carbocycles. The van der Waals surface area contributed by atoms with E-state index >= 15 is 0 Å². The first-order valence-electron chi connectivity index (χ1n) is 4.78. The quantitative estimate of drug-likeness (QED) is 0.775. The van der Waals surface area contributed by atoms with Gasteiger partial charge in [-0.25, -0.2) is 0 Å². The van der Waals surface area contributed by atoms with E-state index in [1.807, 2.05) is 18.2 Å². The first kappa shape index (κ1) is 12.2. The van der Waals surface area contributed by atoms with Crippen molar-refractivity contribution in [2.45, 2.75) is 19.3 Å². The normalized spacial score (nSPS) is 16.3. The molecule has 0 aliphatic carbocycles. The van der Waals surface area contributed by atoms with Crippen LogP contribution in [0.4, 0.5) is 5.69 Å². The molecule has 1 fully saturated rings. The minimum Gasteiger partial charge on any atom is -1.00 e. The molecule has 0 radical (unpaired) electrons. The zero-order chi connectivity index (χ0) is 9.10. The fourth-order valence-electron chi connectivity index (χ4n) is 1.73. The van der Waals surface area contributed by atoms with Crippen molar-refractivity contribution in [2.24, 2.45) is 0 Å². The molecule has 1 heterocycles. The maximum absolute atomic E-state index is 7.81. The molecular formula is C11H16N2Sr. The van der Waals surface area contributed by atoms with Crippen LogP contribution in [0.2, 0.25) is 0 Å². The van der Waals surface area contributed by atoms with Gasteiger partial charge in [0.25, 0.3) is 0 Å². The van der Waals surface area contributed by atoms with Crippen LogP contribution in [0.25, 0.3) is 0 Å². The van der Waals surface area contributed by atoms with E-state index in [1.54, 1.807) is 0 Å². The van der Waals surface area contributed by atoms with E-state index in [0.717, 1.165) is 24.5 Å². The molecular weight excluding hydrogens is 248 g/mol. The topological polar surface area (TPSA) is 27.1 Å². The molecule has 0 atom stereocenters. The van der Waals surface area contributed by atoms with Gasteiger partial charge in [-0.3, -0.25) is 5.41 Å². The predicted octanol–water partition coefficient (Wildman–Crippen LogP) is 2.50. The number of rotatable bonds is 1. The van der Waals surface area contributed by atoms with E-state index in [9.17, 15) is 0 Å². The third-order valence-electron chi connectivity index (χ3n) is 2.44. The number of hydrogen-bond acceptors (Lipinski definition) is 1. The van der Waals surface area contributed by atoms with Crippen LogP contribution in [0.1, 0.15) is 22.1 Å². The van der Waals surface area contributed by atoms with Crippen LogP contribution in [-0.2, 0) is 0 Å². The summed E-state index contributed by atoms with van der Waals surface area (Å²) in [6.45, 7) is 1.00. The molecule has 2 rings (SSSR count). The second-order valence-corrected chi connectivity index (χ2v) is 3.39. The minimum absolute atomic E-state index is 0. The number of amidine groups is 1. The molecule has 1 aliphatic heterocycles. The summed E-state index contributed by atoms with van der Waals surface area (Å²) in [4.78, 5) is 2.10. The van der Waals surface area contributed by atoms with Gasteiger partial charge in [-0.2, -0.15) is 0 Å². The average Bonchev–Trinajstić information content (AvgIpc) is 2.20. The molecule has 1 saturated heterocycles. The van der Waals surface area contributed by atoms with Crippen molar-refractivity contribution < 1.29 is 2.85 Å². The molecule has 2 nitrogen and oxygen atoms in total. The van der Waals surface area contributed by atoms with Gasteiger partial charge in [0, 0.05) is 18.7 Å². The van der Waals surface area contributed by atoms with Crippen molar-refractivity contribution in [1.82, 2.24) is 0 Å². The van der Waals surface area contributed by atoms with Crippen molar-refractivity contribution in [2.75, 3.05) is 11.4 Å². The van der Waals surface area contributed by atoms with Gasteiger partial charge in [-0.15, -0.1) is 0 Å². The summed E-state index contributed by atoms with van der Waals surface area (Å²) < 4.78 is 0. The summed E-state index contributed by atoms with van der Waals surface area (Å²) >= 11 is 0. The van der Waals surface area contributed by atoms with E-state index in [1.165, 1.54) is 12.8 Å². The van der Waals surface area contributed by atoms with Crippen LogP contribution in [-0.4, -0.2) is 57.9 Å². The summed E-state index contributed by atoms with van der Waals surface area (Å²) in [5.41, 5.74) is 1.16. The molecule has 14 heavy (non-hydrogen) atoms. The molecule has 3 heteroatoms. The number of para-hydroxylation sites is 1. The molecule has 1 aromatic rings. The van der Waals surface area contributed by atoms with E-state index in [4.69, 9.17) is 5.41 Å². The van der Waals surface area contributed by atoms with Crippen LogP contribution in [0.5, 0.6) is 0 Å². The van der Waals surface area contributed by atoms with Gasteiger partial charge >= 0.3 is 45.5 Å². The Labute approximate surface area is 125 Å². The SMILES string of the molecule is N=C1CCCCN1c1ccccc1.[H-].[H-].[Sr+2]. The monoisotopic (exact) mass is 264 g/mol. The Morgan fingerprint density at radius 3 is 2.50 bits per heavy atom. The Kier molecular flexibility index (Phi) is 5.17. The zero-order valence-electron chi connectivity index (χ0n) is 10.4. The fraction of sp³-hybridized carbons (Fsp3) is 0.364. The van der Waals surface area contributed by atoms with E-state index in [-0.39, 0.29) is 48.3 Å². The van der Waals surface area contributed by atoms with Crippen LogP contribution in [0.3, 0.4) is 0 Å². The van der Waals surface area contributed by atoms with Gasteiger partial charge in [0.2, 0.25) is 0 Å². The smallest absolute Gasteiger partial charge is 1.00 e. The zero-order valence-corrected chi connectivity index (χ0v) is 11.8. The number of benzene rings is 1. The Morgan fingerprint density at radius 1 is 1.14 bits per heavy atom. The van der Waals surface area contributed by atoms with Crippen LogP contribution < -0.4 is 4.90 Å². The Morgan fingerprint density at radius 2 is 1.86 bits per heavy atom. The largest absolute Gasteiger partial charge is 2.00 e. The average molecular weight is 264 g/mol. The van der Waals surface area contributed by atoms with E-state index in [0.29, 0.717) is 0 Å². The van der Waals surface area contributed by atoms with Crippen molar-refractivity contribution >= 4 is 57.0 Å². The number of nitrogens with zero attached hydrogens (tertiary/aromatic N) is 1. The van der Waals surface area contributed by atoms with E-state index < -0.39 is 0 Å². The third-order valence-corrected chi connectivity index (χ3v) is 2.44. The summed E-state index contributed by atoms with van der Waals surface area (Å²) in [6, 6.07) is 10.2. The first-order valence-corrected chi connectivity index (χ1v) is 4.78. The van der Waals surface area contributed by atoms with Gasteiger partial charge in [0.15, 0.2) is 0 Å². The molecule has 0 bridgehead atoms. The fourth-order valence-corrected chi connectivity index (χ4v) is 1.73. The standard InChI is InChI=1S/C11H14N2.Sr.2H/c12-11-8-4-5-9-13(11)10-6-2-1-3-7-10;;;/h1-3,6-7,12H,4-5,8-9H2;;;/q;+2;2*-1. The summed E-state index contributed by atoms with van der Waals surface area (Å²) in [7, 11) is 0. The third kappa shape index (κ3) is 2.83. The van der Waals surface area contributed by atoms with Crippen molar-refractivity contribution in [1.29, 1.82) is 5.41 Å².